The van der Waals surface area contributed by atoms with E-state index in [1.165, 1.54) is 12.1 Å². The number of para-hydroxylation sites is 2. The fourth-order valence-electron chi connectivity index (χ4n) is 2.59. The van der Waals surface area contributed by atoms with E-state index in [9.17, 15) is 10.1 Å². The van der Waals surface area contributed by atoms with Gasteiger partial charge in [0.15, 0.2) is 5.84 Å². The van der Waals surface area contributed by atoms with Crippen molar-refractivity contribution in [2.75, 3.05) is 5.32 Å². The zero-order chi connectivity index (χ0) is 17.9. The van der Waals surface area contributed by atoms with E-state index >= 15 is 0 Å². The first kappa shape index (κ1) is 15.6. The highest BCUT2D eigenvalue weighted by molar-refractivity contribution is 6.19. The summed E-state index contributed by atoms with van der Waals surface area (Å²) >= 11 is 0. The Bertz CT molecular complexity index is 1030. The Kier molecular flexibility index (Phi) is 3.95. The summed E-state index contributed by atoms with van der Waals surface area (Å²) in [6.45, 7) is 0. The lowest BCUT2D eigenvalue weighted by atomic mass is 10.2. The first-order valence-corrected chi connectivity index (χ1v) is 7.89. The van der Waals surface area contributed by atoms with Crippen molar-refractivity contribution >= 4 is 28.7 Å². The minimum Gasteiger partial charge on any atom is -0.338 e. The number of hydrogen-bond donors (Lipinski definition) is 1. The van der Waals surface area contributed by atoms with Crippen molar-refractivity contribution in [3.8, 4) is 0 Å². The van der Waals surface area contributed by atoms with Gasteiger partial charge in [-0.3, -0.25) is 15.1 Å². The van der Waals surface area contributed by atoms with Gasteiger partial charge in [-0.15, -0.1) is 0 Å². The summed E-state index contributed by atoms with van der Waals surface area (Å²) in [5.41, 5.74) is 3.17. The molecule has 2 aromatic carbocycles. The van der Waals surface area contributed by atoms with Crippen LogP contribution >= 0.6 is 0 Å². The molecular formula is C19H13N5O2. The Balaban J connectivity index is 1.84. The number of nitro benzene ring substituents is 1. The molecule has 1 aliphatic heterocycles. The fraction of sp³-hybridized carbons (Fsp3) is 0. The van der Waals surface area contributed by atoms with Crippen molar-refractivity contribution in [1.29, 1.82) is 0 Å². The summed E-state index contributed by atoms with van der Waals surface area (Å²) in [6.07, 6.45) is 3.39. The first-order valence-electron chi connectivity index (χ1n) is 7.89. The molecule has 4 rings (SSSR count). The smallest absolute Gasteiger partial charge is 0.269 e. The Morgan fingerprint density at radius 2 is 1.58 bits per heavy atom. The Morgan fingerprint density at radius 1 is 0.846 bits per heavy atom. The van der Waals surface area contributed by atoms with Gasteiger partial charge in [0.1, 0.15) is 5.84 Å². The molecular weight excluding hydrogens is 330 g/mol. The van der Waals surface area contributed by atoms with Crippen LogP contribution < -0.4 is 5.32 Å². The molecule has 0 saturated carbocycles. The minimum atomic E-state index is -0.429. The summed E-state index contributed by atoms with van der Waals surface area (Å²) in [4.78, 5) is 23.8. The summed E-state index contributed by atoms with van der Waals surface area (Å²) in [5, 5.41) is 14.2. The van der Waals surface area contributed by atoms with Gasteiger partial charge < -0.3 is 5.32 Å². The molecule has 0 spiro atoms. The van der Waals surface area contributed by atoms with Gasteiger partial charge >= 0.3 is 0 Å². The summed E-state index contributed by atoms with van der Waals surface area (Å²) < 4.78 is 0. The van der Waals surface area contributed by atoms with E-state index in [2.05, 4.69) is 20.3 Å². The maximum Gasteiger partial charge on any atom is 0.269 e. The number of non-ortho nitro benzene ring substituents is 1. The predicted molar refractivity (Wildman–Crippen MR) is 100 cm³/mol. The van der Waals surface area contributed by atoms with Crippen LogP contribution in [0.2, 0.25) is 0 Å². The van der Waals surface area contributed by atoms with Gasteiger partial charge in [-0.25, -0.2) is 9.98 Å². The third kappa shape index (κ3) is 3.05. The molecule has 126 valence electrons. The molecule has 0 fully saturated rings. The fourth-order valence-corrected chi connectivity index (χ4v) is 2.59. The quantitative estimate of drug-likeness (QED) is 0.576. The average Bonchev–Trinajstić information content (AvgIpc) is 2.88. The second-order valence-electron chi connectivity index (χ2n) is 5.58. The van der Waals surface area contributed by atoms with Crippen molar-refractivity contribution in [3.05, 3.63) is 94.3 Å². The number of anilines is 1. The standard InChI is InChI=1S/C19H13N5O2/c25-24(26)15-7-5-13(6-8-15)18-21-16-3-1-2-4-17(16)22-19(23-18)14-9-11-20-12-10-14/h1-12H,(H,21,22,23). The highest BCUT2D eigenvalue weighted by atomic mass is 16.6. The van der Waals surface area contributed by atoms with E-state index in [1.807, 2.05) is 36.4 Å². The molecule has 3 aromatic rings. The second-order valence-corrected chi connectivity index (χ2v) is 5.58. The lowest BCUT2D eigenvalue weighted by Gasteiger charge is -2.09. The van der Waals surface area contributed by atoms with Crippen molar-refractivity contribution in [2.24, 2.45) is 9.98 Å². The Hall–Kier alpha value is -3.87. The van der Waals surface area contributed by atoms with Gasteiger partial charge in [-0.05, 0) is 36.4 Å². The van der Waals surface area contributed by atoms with Crippen LogP contribution in [0.3, 0.4) is 0 Å². The normalized spacial score (nSPS) is 12.9. The predicted octanol–water partition coefficient (Wildman–Crippen LogP) is 3.94. The lowest BCUT2D eigenvalue weighted by Crippen LogP contribution is -2.15. The molecule has 7 nitrogen and oxygen atoms in total. The Morgan fingerprint density at radius 3 is 2.31 bits per heavy atom. The molecule has 2 heterocycles. The van der Waals surface area contributed by atoms with Crippen molar-refractivity contribution in [2.45, 2.75) is 0 Å². The molecule has 1 aromatic heterocycles. The number of hydrogen-bond acceptors (Lipinski definition) is 6. The number of nitro groups is 1. The zero-order valence-corrected chi connectivity index (χ0v) is 13.5. The van der Waals surface area contributed by atoms with Gasteiger partial charge in [0.2, 0.25) is 0 Å². The van der Waals surface area contributed by atoms with Gasteiger partial charge in [0.25, 0.3) is 5.69 Å². The molecule has 0 amide bonds. The van der Waals surface area contributed by atoms with Crippen LogP contribution in [-0.4, -0.2) is 21.6 Å². The first-order chi connectivity index (χ1) is 12.7. The average molecular weight is 343 g/mol. The number of benzene rings is 2. The number of amidine groups is 2. The third-order valence-electron chi connectivity index (χ3n) is 3.89. The summed E-state index contributed by atoms with van der Waals surface area (Å²) in [7, 11) is 0. The van der Waals surface area contributed by atoms with Crippen LogP contribution in [0.25, 0.3) is 0 Å². The largest absolute Gasteiger partial charge is 0.338 e. The highest BCUT2D eigenvalue weighted by Gasteiger charge is 2.15. The van der Waals surface area contributed by atoms with E-state index in [0.717, 1.165) is 16.9 Å². The van der Waals surface area contributed by atoms with Gasteiger partial charge in [-0.2, -0.15) is 0 Å². The van der Waals surface area contributed by atoms with E-state index in [-0.39, 0.29) is 5.69 Å². The Labute approximate surface area is 148 Å². The SMILES string of the molecule is O=[N+]([O-])c1ccc(C2=Nc3ccccc3NC(c3ccncc3)=N2)cc1. The molecule has 0 saturated heterocycles. The molecule has 0 atom stereocenters. The van der Waals surface area contributed by atoms with Crippen molar-refractivity contribution in [1.82, 2.24) is 4.98 Å². The molecule has 0 radical (unpaired) electrons. The van der Waals surface area contributed by atoms with Crippen LogP contribution in [0, 0.1) is 10.1 Å². The van der Waals surface area contributed by atoms with Crippen LogP contribution in [0.15, 0.2) is 83.0 Å². The monoisotopic (exact) mass is 343 g/mol. The molecule has 0 aliphatic carbocycles. The molecule has 26 heavy (non-hydrogen) atoms. The molecule has 7 heteroatoms. The van der Waals surface area contributed by atoms with Crippen LogP contribution in [0.5, 0.6) is 0 Å². The number of aliphatic imine (C=N–C) groups is 2. The maximum absolute atomic E-state index is 10.9. The van der Waals surface area contributed by atoms with Crippen LogP contribution in [0.1, 0.15) is 11.1 Å². The lowest BCUT2D eigenvalue weighted by molar-refractivity contribution is -0.384. The van der Waals surface area contributed by atoms with E-state index < -0.39 is 4.92 Å². The number of nitrogens with zero attached hydrogens (tertiary/aromatic N) is 4. The number of rotatable bonds is 3. The number of aromatic nitrogens is 1. The number of fused-ring (bicyclic) bond motifs is 1. The van der Waals surface area contributed by atoms with Crippen molar-refractivity contribution < 1.29 is 4.92 Å². The molecule has 1 N–H and O–H groups in total. The van der Waals surface area contributed by atoms with E-state index in [4.69, 9.17) is 0 Å². The second kappa shape index (κ2) is 6.56. The topological polar surface area (TPSA) is 92.8 Å². The van der Waals surface area contributed by atoms with Crippen LogP contribution in [-0.2, 0) is 0 Å². The third-order valence-corrected chi connectivity index (χ3v) is 3.89. The van der Waals surface area contributed by atoms with Crippen LogP contribution in [0.4, 0.5) is 17.1 Å². The zero-order valence-electron chi connectivity index (χ0n) is 13.5. The number of nitrogens with one attached hydrogen (secondary N) is 1. The molecule has 0 bridgehead atoms. The van der Waals surface area contributed by atoms with E-state index in [1.54, 1.807) is 24.5 Å². The summed E-state index contributed by atoms with van der Waals surface area (Å²) in [5.74, 6) is 1.11. The molecule has 1 aliphatic rings. The maximum atomic E-state index is 10.9. The van der Waals surface area contributed by atoms with Crippen molar-refractivity contribution in [3.63, 3.8) is 0 Å². The van der Waals surface area contributed by atoms with Gasteiger partial charge in [-0.1, -0.05) is 12.1 Å². The van der Waals surface area contributed by atoms with E-state index in [0.29, 0.717) is 17.2 Å². The summed E-state index contributed by atoms with van der Waals surface area (Å²) in [6, 6.07) is 17.5. The minimum absolute atomic E-state index is 0.0276. The number of pyridine rings is 1. The molecule has 0 unspecified atom stereocenters. The van der Waals surface area contributed by atoms with Gasteiger partial charge in [0.05, 0.1) is 16.3 Å². The van der Waals surface area contributed by atoms with Gasteiger partial charge in [0, 0.05) is 35.7 Å². The highest BCUT2D eigenvalue weighted by Crippen LogP contribution is 2.28.